The van der Waals surface area contributed by atoms with Crippen molar-refractivity contribution in [3.63, 3.8) is 0 Å². The number of halogens is 5. The molecule has 1 saturated carbocycles. The quantitative estimate of drug-likeness (QED) is 0.444. The lowest BCUT2D eigenvalue weighted by Gasteiger charge is -2.40. The summed E-state index contributed by atoms with van der Waals surface area (Å²) in [4.78, 5) is 25.9. The number of phenols is 1. The zero-order valence-electron chi connectivity index (χ0n) is 18.5. The van der Waals surface area contributed by atoms with Gasteiger partial charge in [-0.25, -0.2) is 8.78 Å². The molecule has 1 fully saturated rings. The van der Waals surface area contributed by atoms with E-state index < -0.39 is 58.1 Å². The lowest BCUT2D eigenvalue weighted by Crippen LogP contribution is -2.44. The predicted octanol–water partition coefficient (Wildman–Crippen LogP) is 5.66. The minimum absolute atomic E-state index is 0.0151. The number of aromatic hydroxyl groups is 1. The van der Waals surface area contributed by atoms with Crippen LogP contribution in [0.15, 0.2) is 30.3 Å². The zero-order chi connectivity index (χ0) is 25.9. The summed E-state index contributed by atoms with van der Waals surface area (Å²) >= 11 is 0. The molecule has 6 nitrogen and oxygen atoms in total. The normalized spacial score (nSPS) is 16.1. The molecule has 1 atom stereocenters. The fourth-order valence-corrected chi connectivity index (χ4v) is 4.78. The first-order valence-electron chi connectivity index (χ1n) is 10.6. The Balaban J connectivity index is 1.95. The Kier molecular flexibility index (Phi) is 5.77. The summed E-state index contributed by atoms with van der Waals surface area (Å²) in [6, 6.07) is 4.64. The average Bonchev–Trinajstić information content (AvgIpc) is 3.01. The second kappa shape index (κ2) is 8.24. The van der Waals surface area contributed by atoms with Crippen molar-refractivity contribution in [3.05, 3.63) is 58.8 Å². The maximum absolute atomic E-state index is 15.2. The van der Waals surface area contributed by atoms with Gasteiger partial charge in [-0.3, -0.25) is 14.2 Å². The third kappa shape index (κ3) is 3.88. The van der Waals surface area contributed by atoms with Crippen LogP contribution in [-0.2, 0) is 10.2 Å². The van der Waals surface area contributed by atoms with Crippen molar-refractivity contribution in [1.29, 1.82) is 0 Å². The summed E-state index contributed by atoms with van der Waals surface area (Å²) in [6.45, 7) is 2.78. The van der Waals surface area contributed by atoms with Gasteiger partial charge in [0.05, 0.1) is 10.9 Å². The molecule has 2 aromatic carbocycles. The molecule has 3 aromatic rings. The Morgan fingerprint density at radius 1 is 1.11 bits per heavy atom. The second-order valence-electron chi connectivity index (χ2n) is 8.72. The van der Waals surface area contributed by atoms with Gasteiger partial charge in [0, 0.05) is 28.3 Å². The zero-order valence-corrected chi connectivity index (χ0v) is 18.5. The molecule has 0 amide bonds. The Morgan fingerprint density at radius 2 is 1.71 bits per heavy atom. The lowest BCUT2D eigenvalue weighted by atomic mass is 9.62. The number of carboxylic acid groups (broad SMARTS) is 1. The van der Waals surface area contributed by atoms with Crippen LogP contribution in [0, 0.1) is 24.5 Å². The molecule has 4 rings (SSSR count). The number of hydrogen-bond donors (Lipinski definition) is 2. The number of aliphatic carboxylic acids is 1. The van der Waals surface area contributed by atoms with E-state index in [1.165, 1.54) is 13.8 Å². The summed E-state index contributed by atoms with van der Waals surface area (Å²) in [6.07, 6.45) is -3.09. The maximum atomic E-state index is 15.2. The van der Waals surface area contributed by atoms with Crippen LogP contribution in [-0.4, -0.2) is 33.0 Å². The van der Waals surface area contributed by atoms with Gasteiger partial charge in [0.2, 0.25) is 0 Å². The molecular weight excluding hydrogens is 477 g/mol. The number of carbonyl (C=O) groups is 2. The Morgan fingerprint density at radius 3 is 2.20 bits per heavy atom. The van der Waals surface area contributed by atoms with Gasteiger partial charge in [-0.15, -0.1) is 13.2 Å². The van der Waals surface area contributed by atoms with Crippen LogP contribution in [0.4, 0.5) is 22.0 Å². The number of carbonyl (C=O) groups excluding carboxylic acids is 1. The fraction of sp³-hybridized carbons (Fsp3) is 0.333. The van der Waals surface area contributed by atoms with Crippen molar-refractivity contribution in [2.45, 2.75) is 44.9 Å². The molecule has 186 valence electrons. The van der Waals surface area contributed by atoms with Gasteiger partial charge in [0.15, 0.2) is 17.4 Å². The lowest BCUT2D eigenvalue weighted by molar-refractivity contribution is -0.274. The highest BCUT2D eigenvalue weighted by Gasteiger charge is 2.49. The topological polar surface area (TPSA) is 88.8 Å². The largest absolute Gasteiger partial charge is 0.573 e. The number of carboxylic acids is 1. The first kappa shape index (κ1) is 24.5. The summed E-state index contributed by atoms with van der Waals surface area (Å²) in [5.41, 5.74) is -2.15. The number of nitrogens with zero attached hydrogens (tertiary/aromatic N) is 1. The van der Waals surface area contributed by atoms with Gasteiger partial charge in [0.25, 0.3) is 5.91 Å². The van der Waals surface area contributed by atoms with Crippen LogP contribution in [0.3, 0.4) is 0 Å². The summed E-state index contributed by atoms with van der Waals surface area (Å²) in [5.74, 6) is -7.16. The molecule has 1 aliphatic rings. The molecule has 0 saturated heterocycles. The van der Waals surface area contributed by atoms with Gasteiger partial charge in [-0.2, -0.15) is 0 Å². The number of phenolic OH excluding ortho intramolecular Hbond substituents is 1. The monoisotopic (exact) mass is 497 g/mol. The molecule has 0 unspecified atom stereocenters. The van der Waals surface area contributed by atoms with E-state index in [2.05, 4.69) is 4.74 Å². The molecular formula is C24H20F5NO5. The third-order valence-electron chi connectivity index (χ3n) is 6.78. The van der Waals surface area contributed by atoms with Gasteiger partial charge < -0.3 is 14.9 Å². The van der Waals surface area contributed by atoms with Crippen molar-refractivity contribution < 1.29 is 46.5 Å². The van der Waals surface area contributed by atoms with Crippen molar-refractivity contribution in [2.75, 3.05) is 0 Å². The molecule has 1 aliphatic carbocycles. The van der Waals surface area contributed by atoms with Crippen molar-refractivity contribution in [3.8, 4) is 11.5 Å². The van der Waals surface area contributed by atoms with Crippen LogP contribution in [0.2, 0.25) is 0 Å². The first-order chi connectivity index (χ1) is 16.3. The van der Waals surface area contributed by atoms with Crippen molar-refractivity contribution in [1.82, 2.24) is 4.57 Å². The maximum Gasteiger partial charge on any atom is 0.573 e. The smallest absolute Gasteiger partial charge is 0.503 e. The van der Waals surface area contributed by atoms with E-state index in [1.54, 1.807) is 0 Å². The minimum atomic E-state index is -4.94. The number of fused-ring (bicyclic) bond motifs is 1. The SMILES string of the molecule is Cc1c([C@](C)(C(=O)O)C2CCC2)c2c(F)c(O)c(F)cc2n1C(=O)c1ccc(OC(F)(F)F)cc1. The number of benzene rings is 2. The van der Waals surface area contributed by atoms with Crippen LogP contribution in [0.5, 0.6) is 11.5 Å². The Bertz CT molecular complexity index is 1340. The molecule has 0 radical (unpaired) electrons. The van der Waals surface area contributed by atoms with E-state index in [9.17, 15) is 37.4 Å². The van der Waals surface area contributed by atoms with E-state index in [1.807, 2.05) is 0 Å². The van der Waals surface area contributed by atoms with Crippen LogP contribution < -0.4 is 4.74 Å². The highest BCUT2D eigenvalue weighted by molar-refractivity contribution is 6.06. The van der Waals surface area contributed by atoms with Crippen LogP contribution in [0.25, 0.3) is 10.9 Å². The second-order valence-corrected chi connectivity index (χ2v) is 8.72. The Labute approximate surface area is 195 Å². The summed E-state index contributed by atoms with van der Waals surface area (Å²) < 4.78 is 71.6. The van der Waals surface area contributed by atoms with E-state index >= 15 is 4.39 Å². The number of rotatable bonds is 5. The standard InChI is InChI=1S/C24H20F5NO5/c1-11-18(23(2,22(33)34)13-4-3-5-13)17-16(10-15(25)20(31)19(17)26)30(11)21(32)12-6-8-14(9-7-12)35-24(27,28)29/h6-10,13,31H,3-5H2,1-2H3,(H,33,34)/t23-/m1/s1. The molecule has 1 heterocycles. The highest BCUT2D eigenvalue weighted by atomic mass is 19.4. The Hall–Kier alpha value is -3.63. The fourth-order valence-electron chi connectivity index (χ4n) is 4.78. The summed E-state index contributed by atoms with van der Waals surface area (Å²) in [7, 11) is 0. The van der Waals surface area contributed by atoms with E-state index in [-0.39, 0.29) is 22.3 Å². The van der Waals surface area contributed by atoms with Crippen molar-refractivity contribution in [2.24, 2.45) is 5.92 Å². The molecule has 0 aliphatic heterocycles. The first-order valence-corrected chi connectivity index (χ1v) is 10.6. The molecule has 0 bridgehead atoms. The van der Waals surface area contributed by atoms with Crippen LogP contribution >= 0.6 is 0 Å². The number of aromatic nitrogens is 1. The predicted molar refractivity (Wildman–Crippen MR) is 113 cm³/mol. The molecule has 0 spiro atoms. The molecule has 11 heteroatoms. The number of hydrogen-bond acceptors (Lipinski definition) is 4. The van der Waals surface area contributed by atoms with Gasteiger partial charge in [0.1, 0.15) is 5.75 Å². The number of ether oxygens (including phenoxy) is 1. The van der Waals surface area contributed by atoms with E-state index in [0.29, 0.717) is 12.8 Å². The van der Waals surface area contributed by atoms with E-state index in [4.69, 9.17) is 0 Å². The summed E-state index contributed by atoms with van der Waals surface area (Å²) in [5, 5.41) is 19.7. The van der Waals surface area contributed by atoms with Gasteiger partial charge >= 0.3 is 12.3 Å². The van der Waals surface area contributed by atoms with E-state index in [0.717, 1.165) is 41.3 Å². The molecule has 2 N–H and O–H groups in total. The molecule has 35 heavy (non-hydrogen) atoms. The van der Waals surface area contributed by atoms with Gasteiger partial charge in [-0.1, -0.05) is 6.42 Å². The highest BCUT2D eigenvalue weighted by Crippen LogP contribution is 2.49. The van der Waals surface area contributed by atoms with Crippen LogP contribution in [0.1, 0.15) is 47.8 Å². The van der Waals surface area contributed by atoms with Gasteiger partial charge in [-0.05, 0) is 56.9 Å². The molecule has 1 aromatic heterocycles. The average molecular weight is 497 g/mol. The van der Waals surface area contributed by atoms with Crippen molar-refractivity contribution >= 4 is 22.8 Å². The minimum Gasteiger partial charge on any atom is -0.503 e. The third-order valence-corrected chi connectivity index (χ3v) is 6.78. The number of alkyl halides is 3.